The van der Waals surface area contributed by atoms with Crippen molar-refractivity contribution in [3.8, 4) is 11.2 Å². The molecule has 3 aromatic rings. The van der Waals surface area contributed by atoms with Crippen molar-refractivity contribution >= 4 is 22.2 Å². The van der Waals surface area contributed by atoms with E-state index in [4.69, 9.17) is 10.4 Å². The second kappa shape index (κ2) is 4.71. The number of hydrogen-bond acceptors (Lipinski definition) is 4. The van der Waals surface area contributed by atoms with E-state index in [0.29, 0.717) is 21.6 Å². The van der Waals surface area contributed by atoms with Gasteiger partial charge in [-0.2, -0.15) is 5.26 Å². The van der Waals surface area contributed by atoms with Crippen molar-refractivity contribution in [1.29, 1.82) is 5.26 Å². The maximum atomic E-state index is 13.7. The molecule has 0 radical (unpaired) electrons. The first-order valence-corrected chi connectivity index (χ1v) is 6.73. The van der Waals surface area contributed by atoms with Gasteiger partial charge in [-0.05, 0) is 24.6 Å². The van der Waals surface area contributed by atoms with Crippen LogP contribution in [0.1, 0.15) is 16.0 Å². The summed E-state index contributed by atoms with van der Waals surface area (Å²) < 4.78 is 15.4. The summed E-state index contributed by atoms with van der Waals surface area (Å²) in [5, 5.41) is 19.5. The Bertz CT molecular complexity index is 844. The van der Waals surface area contributed by atoms with Gasteiger partial charge < -0.3 is 5.11 Å². The number of halogens is 1. The fraction of sp³-hybridized carbons (Fsp3) is 0.143. The van der Waals surface area contributed by atoms with Crippen LogP contribution < -0.4 is 0 Å². The van der Waals surface area contributed by atoms with Gasteiger partial charge in [0.1, 0.15) is 11.9 Å². The Morgan fingerprint density at radius 3 is 2.95 bits per heavy atom. The Balaban J connectivity index is 2.31. The number of hydrogen-bond donors (Lipinski definition) is 1. The topological polar surface area (TPSA) is 61.8 Å². The van der Waals surface area contributed by atoms with E-state index in [1.807, 2.05) is 0 Å². The van der Waals surface area contributed by atoms with Crippen LogP contribution in [0.15, 0.2) is 24.5 Å². The SMILES string of the molecule is Cc1cc2c(cc1F)c(C#N)cn2-c1ncc(CO)s1. The average molecular weight is 287 g/mol. The van der Waals surface area contributed by atoms with Crippen molar-refractivity contribution in [3.63, 3.8) is 0 Å². The van der Waals surface area contributed by atoms with Gasteiger partial charge in [0.2, 0.25) is 0 Å². The first-order chi connectivity index (χ1) is 9.63. The predicted molar refractivity (Wildman–Crippen MR) is 74.3 cm³/mol. The van der Waals surface area contributed by atoms with Crippen molar-refractivity contribution in [3.05, 3.63) is 46.3 Å². The van der Waals surface area contributed by atoms with Crippen LogP contribution in [-0.2, 0) is 6.61 Å². The molecule has 6 heteroatoms. The molecule has 20 heavy (non-hydrogen) atoms. The van der Waals surface area contributed by atoms with Crippen molar-refractivity contribution in [1.82, 2.24) is 9.55 Å². The summed E-state index contributed by atoms with van der Waals surface area (Å²) in [6, 6.07) is 5.14. The number of aryl methyl sites for hydroxylation is 1. The van der Waals surface area contributed by atoms with Crippen molar-refractivity contribution in [2.24, 2.45) is 0 Å². The maximum absolute atomic E-state index is 13.7. The summed E-state index contributed by atoms with van der Waals surface area (Å²) in [7, 11) is 0. The van der Waals surface area contributed by atoms with E-state index in [1.54, 1.807) is 30.0 Å². The second-order valence-corrected chi connectivity index (χ2v) is 5.50. The highest BCUT2D eigenvalue weighted by Gasteiger charge is 2.14. The van der Waals surface area contributed by atoms with Crippen LogP contribution in [0, 0.1) is 24.1 Å². The molecule has 0 aliphatic rings. The zero-order valence-electron chi connectivity index (χ0n) is 10.6. The molecule has 0 amide bonds. The Kier molecular flexibility index (Phi) is 3.01. The molecule has 0 spiro atoms. The lowest BCUT2D eigenvalue weighted by atomic mass is 10.1. The van der Waals surface area contributed by atoms with Gasteiger partial charge in [-0.1, -0.05) is 11.3 Å². The number of thiazole rings is 1. The highest BCUT2D eigenvalue weighted by Crippen LogP contribution is 2.28. The smallest absolute Gasteiger partial charge is 0.194 e. The number of aliphatic hydroxyl groups is 1. The van der Waals surface area contributed by atoms with Crippen LogP contribution in [0.3, 0.4) is 0 Å². The standard InChI is InChI=1S/C14H10FN3OS/c1-8-2-13-11(3-12(8)15)9(4-16)6-18(13)14-17-5-10(7-19)20-14/h2-3,5-6,19H,7H2,1H3. The van der Waals surface area contributed by atoms with Gasteiger partial charge >= 0.3 is 0 Å². The van der Waals surface area contributed by atoms with Crippen molar-refractivity contribution in [2.75, 3.05) is 0 Å². The molecule has 0 atom stereocenters. The molecule has 0 fully saturated rings. The molecular formula is C14H10FN3OS. The van der Waals surface area contributed by atoms with Gasteiger partial charge in [-0.3, -0.25) is 4.57 Å². The van der Waals surface area contributed by atoms with E-state index >= 15 is 0 Å². The van der Waals surface area contributed by atoms with Crippen LogP contribution in [0.25, 0.3) is 16.0 Å². The normalized spacial score (nSPS) is 10.9. The number of aliphatic hydroxyl groups excluding tert-OH is 1. The maximum Gasteiger partial charge on any atom is 0.194 e. The second-order valence-electron chi connectivity index (χ2n) is 4.41. The van der Waals surface area contributed by atoms with Gasteiger partial charge in [-0.15, -0.1) is 0 Å². The molecule has 1 aromatic carbocycles. The molecule has 3 rings (SSSR count). The third kappa shape index (κ3) is 1.88. The summed E-state index contributed by atoms with van der Waals surface area (Å²) in [6.45, 7) is 1.61. The van der Waals surface area contributed by atoms with Gasteiger partial charge in [-0.25, -0.2) is 9.37 Å². The van der Waals surface area contributed by atoms with Gasteiger partial charge in [0.25, 0.3) is 0 Å². The number of nitriles is 1. The Morgan fingerprint density at radius 1 is 1.50 bits per heavy atom. The molecule has 0 unspecified atom stereocenters. The summed E-state index contributed by atoms with van der Waals surface area (Å²) in [5.41, 5.74) is 1.65. The minimum Gasteiger partial charge on any atom is -0.391 e. The summed E-state index contributed by atoms with van der Waals surface area (Å²) in [4.78, 5) is 4.96. The lowest BCUT2D eigenvalue weighted by Crippen LogP contribution is -1.91. The quantitative estimate of drug-likeness (QED) is 0.788. The summed E-state index contributed by atoms with van der Waals surface area (Å²) in [6.07, 6.45) is 3.23. The fourth-order valence-electron chi connectivity index (χ4n) is 2.08. The van der Waals surface area contributed by atoms with Crippen LogP contribution in [0.4, 0.5) is 4.39 Å². The van der Waals surface area contributed by atoms with Crippen molar-refractivity contribution < 1.29 is 9.50 Å². The Morgan fingerprint density at radius 2 is 2.30 bits per heavy atom. The van der Waals surface area contributed by atoms with E-state index in [9.17, 15) is 4.39 Å². The van der Waals surface area contributed by atoms with Crippen LogP contribution in [0.2, 0.25) is 0 Å². The number of rotatable bonds is 2. The number of nitrogens with zero attached hydrogens (tertiary/aromatic N) is 3. The minimum atomic E-state index is -0.332. The first-order valence-electron chi connectivity index (χ1n) is 5.91. The minimum absolute atomic E-state index is 0.0738. The predicted octanol–water partition coefficient (Wildman–Crippen LogP) is 2.90. The third-order valence-corrected chi connectivity index (χ3v) is 4.09. The average Bonchev–Trinajstić information content (AvgIpc) is 3.03. The molecule has 2 heterocycles. The molecule has 100 valence electrons. The number of aromatic nitrogens is 2. The third-order valence-electron chi connectivity index (χ3n) is 3.11. The molecule has 0 saturated carbocycles. The van der Waals surface area contributed by atoms with Crippen LogP contribution in [-0.4, -0.2) is 14.7 Å². The van der Waals surface area contributed by atoms with E-state index in [2.05, 4.69) is 11.1 Å². The number of fused-ring (bicyclic) bond motifs is 1. The van der Waals surface area contributed by atoms with E-state index in [0.717, 1.165) is 10.4 Å². The summed E-state index contributed by atoms with van der Waals surface area (Å²) >= 11 is 1.33. The monoisotopic (exact) mass is 287 g/mol. The molecule has 4 nitrogen and oxygen atoms in total. The van der Waals surface area contributed by atoms with Crippen LogP contribution in [0.5, 0.6) is 0 Å². The molecule has 2 aromatic heterocycles. The van der Waals surface area contributed by atoms with Gasteiger partial charge in [0.15, 0.2) is 5.13 Å². The molecule has 0 aliphatic carbocycles. The zero-order valence-corrected chi connectivity index (χ0v) is 11.4. The first kappa shape index (κ1) is 12.8. The van der Waals surface area contributed by atoms with E-state index < -0.39 is 0 Å². The largest absolute Gasteiger partial charge is 0.391 e. The van der Waals surface area contributed by atoms with Crippen molar-refractivity contribution in [2.45, 2.75) is 13.5 Å². The molecule has 0 aliphatic heterocycles. The lowest BCUT2D eigenvalue weighted by Gasteiger charge is -2.02. The van der Waals surface area contributed by atoms with E-state index in [-0.39, 0.29) is 12.4 Å². The van der Waals surface area contributed by atoms with Gasteiger partial charge in [0.05, 0.1) is 22.6 Å². The van der Waals surface area contributed by atoms with Crippen LogP contribution >= 0.6 is 11.3 Å². The Hall–Kier alpha value is -2.23. The fourth-order valence-corrected chi connectivity index (χ4v) is 2.84. The highest BCUT2D eigenvalue weighted by molar-refractivity contribution is 7.14. The highest BCUT2D eigenvalue weighted by atomic mass is 32.1. The lowest BCUT2D eigenvalue weighted by molar-refractivity contribution is 0.285. The van der Waals surface area contributed by atoms with Gasteiger partial charge in [0, 0.05) is 17.8 Å². The summed E-state index contributed by atoms with van der Waals surface area (Å²) in [5.74, 6) is -0.332. The molecule has 1 N–H and O–H groups in total. The molecular weight excluding hydrogens is 277 g/mol. The Labute approximate surface area is 118 Å². The van der Waals surface area contributed by atoms with E-state index in [1.165, 1.54) is 17.4 Å². The number of benzene rings is 1. The zero-order chi connectivity index (χ0) is 14.3. The molecule has 0 bridgehead atoms. The molecule has 0 saturated heterocycles.